The fourth-order valence-electron chi connectivity index (χ4n) is 1.91. The molecule has 2 atom stereocenters. The normalized spacial score (nSPS) is 23.6. The summed E-state index contributed by atoms with van der Waals surface area (Å²) in [6.07, 6.45) is 4.07. The van der Waals surface area contributed by atoms with E-state index >= 15 is 0 Å². The summed E-state index contributed by atoms with van der Waals surface area (Å²) in [6, 6.07) is 2.63. The molecule has 3 heteroatoms. The lowest BCUT2D eigenvalue weighted by Crippen LogP contribution is -2.21. The Morgan fingerprint density at radius 3 is 3.29 bits per heavy atom. The molecule has 2 rings (SSSR count). The van der Waals surface area contributed by atoms with E-state index in [1.54, 1.807) is 11.3 Å². The molecule has 78 valence electrons. The molecule has 1 aromatic rings. The van der Waals surface area contributed by atoms with Gasteiger partial charge >= 0.3 is 0 Å². The van der Waals surface area contributed by atoms with Crippen LogP contribution in [-0.2, 0) is 4.74 Å². The lowest BCUT2D eigenvalue weighted by Gasteiger charge is -2.17. The lowest BCUT2D eigenvalue weighted by molar-refractivity contribution is 0.101. The molecule has 0 spiro atoms. The van der Waals surface area contributed by atoms with Gasteiger partial charge in [0, 0.05) is 23.7 Å². The van der Waals surface area contributed by atoms with Crippen LogP contribution >= 0.6 is 11.3 Å². The van der Waals surface area contributed by atoms with Crippen LogP contribution in [0.3, 0.4) is 0 Å². The third kappa shape index (κ3) is 2.72. The Labute approximate surface area is 89.3 Å². The van der Waals surface area contributed by atoms with Gasteiger partial charge in [0.15, 0.2) is 0 Å². The minimum atomic E-state index is 0.483. The molecular weight excluding hydrogens is 194 g/mol. The van der Waals surface area contributed by atoms with Gasteiger partial charge in [0.05, 0.1) is 6.10 Å². The highest BCUT2D eigenvalue weighted by molar-refractivity contribution is 7.08. The van der Waals surface area contributed by atoms with Gasteiger partial charge in [0.25, 0.3) is 0 Å². The summed E-state index contributed by atoms with van der Waals surface area (Å²) in [5.74, 6) is 0. The van der Waals surface area contributed by atoms with Gasteiger partial charge in [-0.3, -0.25) is 0 Å². The zero-order valence-electron chi connectivity index (χ0n) is 8.53. The highest BCUT2D eigenvalue weighted by atomic mass is 32.1. The minimum absolute atomic E-state index is 0.483. The van der Waals surface area contributed by atoms with Crippen LogP contribution in [0.1, 0.15) is 26.2 Å². The zero-order valence-corrected chi connectivity index (χ0v) is 9.35. The monoisotopic (exact) mass is 211 g/mol. The van der Waals surface area contributed by atoms with Gasteiger partial charge in [0.2, 0.25) is 0 Å². The van der Waals surface area contributed by atoms with Crippen LogP contribution in [0.25, 0.3) is 0 Å². The summed E-state index contributed by atoms with van der Waals surface area (Å²) in [4.78, 5) is 0. The molecule has 2 nitrogen and oxygen atoms in total. The first-order chi connectivity index (χ1) is 6.84. The van der Waals surface area contributed by atoms with Crippen LogP contribution in [0.2, 0.25) is 0 Å². The van der Waals surface area contributed by atoms with Gasteiger partial charge in [-0.2, -0.15) is 11.3 Å². The fraction of sp³-hybridized carbons (Fsp3) is 0.636. The standard InChI is InChI=1S/C11H17NOS/c1-9(7-11-3-2-5-13-11)12-10-4-6-14-8-10/h4,6,8-9,11-12H,2-3,5,7H2,1H3. The second kappa shape index (κ2) is 4.80. The summed E-state index contributed by atoms with van der Waals surface area (Å²) < 4.78 is 5.61. The molecule has 1 saturated heterocycles. The lowest BCUT2D eigenvalue weighted by atomic mass is 10.1. The van der Waals surface area contributed by atoms with Gasteiger partial charge in [-0.1, -0.05) is 0 Å². The van der Waals surface area contributed by atoms with Gasteiger partial charge in [-0.15, -0.1) is 0 Å². The second-order valence-electron chi connectivity index (χ2n) is 3.93. The zero-order chi connectivity index (χ0) is 9.80. The van der Waals surface area contributed by atoms with Gasteiger partial charge in [-0.25, -0.2) is 0 Å². The van der Waals surface area contributed by atoms with Crippen LogP contribution in [0.15, 0.2) is 16.8 Å². The maximum atomic E-state index is 5.61. The summed E-state index contributed by atoms with van der Waals surface area (Å²) in [5, 5.41) is 7.72. The Morgan fingerprint density at radius 2 is 2.64 bits per heavy atom. The van der Waals surface area contributed by atoms with Crippen molar-refractivity contribution in [3.63, 3.8) is 0 Å². The molecule has 1 aromatic heterocycles. The van der Waals surface area contributed by atoms with E-state index in [4.69, 9.17) is 4.74 Å². The highest BCUT2D eigenvalue weighted by Crippen LogP contribution is 2.20. The quantitative estimate of drug-likeness (QED) is 0.826. The first-order valence-corrected chi connectivity index (χ1v) is 6.19. The van der Waals surface area contributed by atoms with Crippen molar-refractivity contribution in [3.05, 3.63) is 16.8 Å². The summed E-state index contributed by atoms with van der Waals surface area (Å²) in [7, 11) is 0. The number of ether oxygens (including phenoxy) is 1. The van der Waals surface area contributed by atoms with E-state index in [0.29, 0.717) is 12.1 Å². The molecule has 1 N–H and O–H groups in total. The predicted molar refractivity (Wildman–Crippen MR) is 61.0 cm³/mol. The predicted octanol–water partition coefficient (Wildman–Crippen LogP) is 3.12. The largest absolute Gasteiger partial charge is 0.382 e. The van der Waals surface area contributed by atoms with Crippen molar-refractivity contribution in [2.75, 3.05) is 11.9 Å². The van der Waals surface area contributed by atoms with Crippen LogP contribution in [-0.4, -0.2) is 18.8 Å². The molecule has 2 heterocycles. The van der Waals surface area contributed by atoms with E-state index in [2.05, 4.69) is 29.1 Å². The first kappa shape index (κ1) is 9.99. The molecule has 0 aliphatic carbocycles. The number of nitrogens with one attached hydrogen (secondary N) is 1. The molecule has 0 saturated carbocycles. The van der Waals surface area contributed by atoms with Crippen LogP contribution in [0, 0.1) is 0 Å². The topological polar surface area (TPSA) is 21.3 Å². The molecule has 1 fully saturated rings. The molecule has 0 bridgehead atoms. The van der Waals surface area contributed by atoms with Crippen molar-refractivity contribution in [1.29, 1.82) is 0 Å². The number of hydrogen-bond donors (Lipinski definition) is 1. The third-order valence-corrected chi connectivity index (χ3v) is 3.26. The summed E-state index contributed by atoms with van der Waals surface area (Å²) in [5.41, 5.74) is 1.24. The number of anilines is 1. The molecule has 0 aromatic carbocycles. The van der Waals surface area contributed by atoms with Crippen molar-refractivity contribution in [2.24, 2.45) is 0 Å². The average Bonchev–Trinajstić information content (AvgIpc) is 2.76. The van der Waals surface area contributed by atoms with Crippen LogP contribution in [0.4, 0.5) is 5.69 Å². The van der Waals surface area contributed by atoms with E-state index in [0.717, 1.165) is 13.0 Å². The van der Waals surface area contributed by atoms with E-state index in [-0.39, 0.29) is 0 Å². The molecular formula is C11H17NOS. The van der Waals surface area contributed by atoms with Crippen LogP contribution in [0.5, 0.6) is 0 Å². The maximum absolute atomic E-state index is 5.61. The van der Waals surface area contributed by atoms with Gasteiger partial charge in [0.1, 0.15) is 0 Å². The van der Waals surface area contributed by atoms with Gasteiger partial charge in [-0.05, 0) is 37.6 Å². The van der Waals surface area contributed by atoms with E-state index in [1.807, 2.05) is 0 Å². The third-order valence-electron chi connectivity index (χ3n) is 2.57. The fourth-order valence-corrected chi connectivity index (χ4v) is 2.51. The minimum Gasteiger partial charge on any atom is -0.382 e. The highest BCUT2D eigenvalue weighted by Gasteiger charge is 2.18. The maximum Gasteiger partial charge on any atom is 0.0595 e. The molecule has 14 heavy (non-hydrogen) atoms. The van der Waals surface area contributed by atoms with Crippen molar-refractivity contribution in [1.82, 2.24) is 0 Å². The van der Waals surface area contributed by atoms with Crippen molar-refractivity contribution >= 4 is 17.0 Å². The Kier molecular flexibility index (Phi) is 3.43. The van der Waals surface area contributed by atoms with Crippen molar-refractivity contribution in [3.8, 4) is 0 Å². The molecule has 1 aliphatic rings. The van der Waals surface area contributed by atoms with E-state index in [9.17, 15) is 0 Å². The smallest absolute Gasteiger partial charge is 0.0595 e. The molecule has 0 radical (unpaired) electrons. The Bertz CT molecular complexity index is 254. The van der Waals surface area contributed by atoms with E-state index in [1.165, 1.54) is 18.5 Å². The SMILES string of the molecule is CC(CC1CCCO1)Nc1ccsc1. The van der Waals surface area contributed by atoms with E-state index < -0.39 is 0 Å². The number of thiophene rings is 1. The van der Waals surface area contributed by atoms with Crippen molar-refractivity contribution in [2.45, 2.75) is 38.3 Å². The Morgan fingerprint density at radius 1 is 1.71 bits per heavy atom. The first-order valence-electron chi connectivity index (χ1n) is 5.25. The second-order valence-corrected chi connectivity index (χ2v) is 4.71. The summed E-state index contributed by atoms with van der Waals surface area (Å²) >= 11 is 1.73. The molecule has 0 amide bonds. The Balaban J connectivity index is 1.75. The number of hydrogen-bond acceptors (Lipinski definition) is 3. The van der Waals surface area contributed by atoms with Gasteiger partial charge < -0.3 is 10.1 Å². The Hall–Kier alpha value is -0.540. The van der Waals surface area contributed by atoms with Crippen molar-refractivity contribution < 1.29 is 4.74 Å². The molecule has 2 unspecified atom stereocenters. The average molecular weight is 211 g/mol. The number of rotatable bonds is 4. The summed E-state index contributed by atoms with van der Waals surface area (Å²) in [6.45, 7) is 3.18. The molecule has 1 aliphatic heterocycles. The van der Waals surface area contributed by atoms with Crippen LogP contribution < -0.4 is 5.32 Å².